The summed E-state index contributed by atoms with van der Waals surface area (Å²) >= 11 is 0. The smallest absolute Gasteiger partial charge is 0.337 e. The molecule has 0 fully saturated rings. The predicted octanol–water partition coefficient (Wildman–Crippen LogP) is 3.49. The summed E-state index contributed by atoms with van der Waals surface area (Å²) in [6, 6.07) is 17.4. The molecule has 0 aromatic heterocycles. The van der Waals surface area contributed by atoms with Crippen molar-refractivity contribution < 1.29 is 14.6 Å². The van der Waals surface area contributed by atoms with Crippen LogP contribution in [0.4, 0.5) is 0 Å². The molecule has 0 saturated carbocycles. The number of methoxy groups -OCH3 is 1. The Balaban J connectivity index is 0.00000312. The third kappa shape index (κ3) is 6.16. The molecule has 5 heteroatoms. The van der Waals surface area contributed by atoms with Crippen molar-refractivity contribution in [2.45, 2.75) is 25.5 Å². The largest absolute Gasteiger partial charge is 0.465 e. The van der Waals surface area contributed by atoms with Crippen molar-refractivity contribution in [2.24, 2.45) is 0 Å². The van der Waals surface area contributed by atoms with E-state index in [2.05, 4.69) is 11.8 Å². The Morgan fingerprint density at radius 1 is 1.12 bits per heavy atom. The van der Waals surface area contributed by atoms with Gasteiger partial charge in [0.05, 0.1) is 18.8 Å². The molecule has 136 valence electrons. The van der Waals surface area contributed by atoms with Gasteiger partial charge in [0.1, 0.15) is 0 Å². The van der Waals surface area contributed by atoms with E-state index in [9.17, 15) is 9.90 Å². The summed E-state index contributed by atoms with van der Waals surface area (Å²) in [5.74, 6) is -0.322. The molecule has 0 spiro atoms. The molecular formula is C20H26ClNO3. The first-order valence-electron chi connectivity index (χ1n) is 8.11. The van der Waals surface area contributed by atoms with Crippen LogP contribution in [-0.2, 0) is 11.2 Å². The predicted molar refractivity (Wildman–Crippen MR) is 102 cm³/mol. The van der Waals surface area contributed by atoms with Crippen molar-refractivity contribution in [3.8, 4) is 0 Å². The van der Waals surface area contributed by atoms with Crippen molar-refractivity contribution in [3.05, 3.63) is 71.3 Å². The van der Waals surface area contributed by atoms with Gasteiger partial charge in [-0.15, -0.1) is 12.4 Å². The number of hydrogen-bond donors (Lipinski definition) is 1. The lowest BCUT2D eigenvalue weighted by Crippen LogP contribution is -2.34. The van der Waals surface area contributed by atoms with E-state index in [4.69, 9.17) is 4.74 Å². The second-order valence-electron chi connectivity index (χ2n) is 6.11. The molecule has 0 aliphatic rings. The highest BCUT2D eigenvalue weighted by molar-refractivity contribution is 5.89. The van der Waals surface area contributed by atoms with Gasteiger partial charge in [0, 0.05) is 12.6 Å². The van der Waals surface area contributed by atoms with Crippen LogP contribution in [0, 0.1) is 0 Å². The van der Waals surface area contributed by atoms with Crippen molar-refractivity contribution in [3.63, 3.8) is 0 Å². The first-order chi connectivity index (χ1) is 11.5. The van der Waals surface area contributed by atoms with Crippen LogP contribution in [0.5, 0.6) is 0 Å². The molecule has 0 amide bonds. The molecule has 1 N–H and O–H groups in total. The van der Waals surface area contributed by atoms with E-state index < -0.39 is 6.10 Å². The van der Waals surface area contributed by atoms with Gasteiger partial charge >= 0.3 is 5.97 Å². The maximum Gasteiger partial charge on any atom is 0.337 e. The van der Waals surface area contributed by atoms with Crippen LogP contribution in [0.2, 0.25) is 0 Å². The van der Waals surface area contributed by atoms with Gasteiger partial charge in [-0.1, -0.05) is 42.5 Å². The molecule has 2 aromatic carbocycles. The molecule has 0 aliphatic heterocycles. The number of carbonyl (C=O) groups is 1. The molecule has 2 atom stereocenters. The van der Waals surface area contributed by atoms with Gasteiger partial charge in [0.2, 0.25) is 0 Å². The van der Waals surface area contributed by atoms with Crippen LogP contribution in [0.25, 0.3) is 0 Å². The number of hydrogen-bond acceptors (Lipinski definition) is 4. The minimum Gasteiger partial charge on any atom is -0.465 e. The van der Waals surface area contributed by atoms with Crippen LogP contribution in [0.3, 0.4) is 0 Å². The van der Waals surface area contributed by atoms with Crippen LogP contribution in [-0.4, -0.2) is 42.7 Å². The topological polar surface area (TPSA) is 49.8 Å². The Kier molecular flexibility index (Phi) is 8.62. The van der Waals surface area contributed by atoms with Crippen LogP contribution in [0.1, 0.15) is 34.5 Å². The first-order valence-corrected chi connectivity index (χ1v) is 8.11. The molecule has 2 rings (SSSR count). The summed E-state index contributed by atoms with van der Waals surface area (Å²) in [4.78, 5) is 13.6. The summed E-state index contributed by atoms with van der Waals surface area (Å²) in [6.07, 6.45) is 0.347. The second-order valence-corrected chi connectivity index (χ2v) is 6.11. The fraction of sp³-hybridized carbons (Fsp3) is 0.350. The van der Waals surface area contributed by atoms with Gasteiger partial charge in [-0.25, -0.2) is 4.79 Å². The number of benzene rings is 2. The molecule has 0 radical (unpaired) electrons. The van der Waals surface area contributed by atoms with E-state index in [0.717, 1.165) is 17.5 Å². The summed E-state index contributed by atoms with van der Waals surface area (Å²) in [5.41, 5.74) is 2.64. The van der Waals surface area contributed by atoms with Crippen molar-refractivity contribution in [2.75, 3.05) is 20.7 Å². The summed E-state index contributed by atoms with van der Waals surface area (Å²) in [7, 11) is 3.39. The molecule has 25 heavy (non-hydrogen) atoms. The first kappa shape index (κ1) is 21.2. The van der Waals surface area contributed by atoms with Crippen molar-refractivity contribution >= 4 is 18.4 Å². The van der Waals surface area contributed by atoms with Crippen LogP contribution in [0.15, 0.2) is 54.6 Å². The maximum absolute atomic E-state index is 11.5. The van der Waals surface area contributed by atoms with Crippen molar-refractivity contribution in [1.29, 1.82) is 0 Å². The quantitative estimate of drug-likeness (QED) is 0.765. The summed E-state index contributed by atoms with van der Waals surface area (Å²) in [6.45, 7) is 2.71. The van der Waals surface area contributed by atoms with Gasteiger partial charge in [-0.2, -0.15) is 0 Å². The number of carbonyl (C=O) groups excluding carboxylic acids is 1. The van der Waals surface area contributed by atoms with Gasteiger partial charge in [-0.05, 0) is 43.7 Å². The monoisotopic (exact) mass is 363 g/mol. The highest BCUT2D eigenvalue weighted by Gasteiger charge is 2.16. The summed E-state index contributed by atoms with van der Waals surface area (Å²) < 4.78 is 4.71. The SMILES string of the molecule is COC(=O)c1ccc(CC(C)N(C)CC(O)c2ccccc2)cc1.Cl. The Bertz CT molecular complexity index is 646. The lowest BCUT2D eigenvalue weighted by atomic mass is 10.0. The standard InChI is InChI=1S/C20H25NO3.ClH/c1-15(13-16-9-11-18(12-10-16)20(23)24-3)21(2)14-19(22)17-7-5-4-6-8-17;/h4-12,15,19,22H,13-14H2,1-3H3;1H. The Hall–Kier alpha value is -1.88. The van der Waals surface area contributed by atoms with Gasteiger partial charge in [-0.3, -0.25) is 0 Å². The van der Waals surface area contributed by atoms with E-state index in [0.29, 0.717) is 12.1 Å². The Morgan fingerprint density at radius 2 is 1.72 bits per heavy atom. The average molecular weight is 364 g/mol. The van der Waals surface area contributed by atoms with Gasteiger partial charge in [0.15, 0.2) is 0 Å². The number of halogens is 1. The molecule has 2 aromatic rings. The number of aliphatic hydroxyl groups is 1. The zero-order valence-electron chi connectivity index (χ0n) is 14.9. The molecule has 2 unspecified atom stereocenters. The average Bonchev–Trinajstić information content (AvgIpc) is 2.62. The number of nitrogens with zero attached hydrogens (tertiary/aromatic N) is 1. The number of ether oxygens (including phenoxy) is 1. The molecule has 4 nitrogen and oxygen atoms in total. The lowest BCUT2D eigenvalue weighted by molar-refractivity contribution is 0.0600. The van der Waals surface area contributed by atoms with E-state index in [1.54, 1.807) is 12.1 Å². The third-order valence-corrected chi connectivity index (χ3v) is 4.30. The zero-order valence-corrected chi connectivity index (χ0v) is 15.7. The van der Waals surface area contributed by atoms with Gasteiger partial charge in [0.25, 0.3) is 0 Å². The van der Waals surface area contributed by atoms with E-state index in [-0.39, 0.29) is 24.4 Å². The van der Waals surface area contributed by atoms with E-state index in [1.165, 1.54) is 7.11 Å². The zero-order chi connectivity index (χ0) is 17.5. The van der Waals surface area contributed by atoms with Crippen molar-refractivity contribution in [1.82, 2.24) is 4.90 Å². The highest BCUT2D eigenvalue weighted by Crippen LogP contribution is 2.16. The molecule has 0 aliphatic carbocycles. The second kappa shape index (κ2) is 10.2. The van der Waals surface area contributed by atoms with Crippen LogP contribution >= 0.6 is 12.4 Å². The fourth-order valence-electron chi connectivity index (χ4n) is 2.63. The molecule has 0 heterocycles. The number of rotatable bonds is 7. The molecular weight excluding hydrogens is 338 g/mol. The lowest BCUT2D eigenvalue weighted by Gasteiger charge is -2.27. The fourth-order valence-corrected chi connectivity index (χ4v) is 2.63. The normalized spacial score (nSPS) is 13.0. The Morgan fingerprint density at radius 3 is 2.28 bits per heavy atom. The maximum atomic E-state index is 11.5. The molecule has 0 bridgehead atoms. The van der Waals surface area contributed by atoms with E-state index in [1.807, 2.05) is 49.5 Å². The van der Waals surface area contributed by atoms with Gasteiger partial charge < -0.3 is 14.7 Å². The third-order valence-electron chi connectivity index (χ3n) is 4.30. The highest BCUT2D eigenvalue weighted by atomic mass is 35.5. The van der Waals surface area contributed by atoms with E-state index >= 15 is 0 Å². The van der Waals surface area contributed by atoms with Crippen LogP contribution < -0.4 is 0 Å². The number of esters is 1. The summed E-state index contributed by atoms with van der Waals surface area (Å²) in [5, 5.41) is 10.3. The minimum atomic E-state index is -0.500. The number of aliphatic hydroxyl groups excluding tert-OH is 1. The Labute approximate surface area is 155 Å². The minimum absolute atomic E-state index is 0. The number of likely N-dealkylation sites (N-methyl/N-ethyl adjacent to an activating group) is 1. The molecule has 0 saturated heterocycles.